The van der Waals surface area contributed by atoms with Crippen molar-refractivity contribution in [2.75, 3.05) is 13.1 Å². The Kier molecular flexibility index (Phi) is 7.34. The predicted octanol–water partition coefficient (Wildman–Crippen LogP) is 3.52. The quantitative estimate of drug-likeness (QED) is 0.735. The molecule has 0 aliphatic heterocycles. The molecule has 0 bridgehead atoms. The van der Waals surface area contributed by atoms with Gasteiger partial charge in [-0.2, -0.15) is 0 Å². The predicted molar refractivity (Wildman–Crippen MR) is 78.5 cm³/mol. The Morgan fingerprint density at radius 3 is 1.88 bits per heavy atom. The lowest BCUT2D eigenvalue weighted by Gasteiger charge is -2.39. The molecule has 0 saturated carbocycles. The van der Waals surface area contributed by atoms with Gasteiger partial charge in [0.25, 0.3) is 0 Å². The van der Waals surface area contributed by atoms with E-state index in [-0.39, 0.29) is 5.54 Å². The highest BCUT2D eigenvalue weighted by Crippen LogP contribution is 2.16. The zero-order valence-electron chi connectivity index (χ0n) is 13.3. The zero-order valence-corrected chi connectivity index (χ0v) is 13.3. The molecule has 0 aromatic heterocycles. The van der Waals surface area contributed by atoms with Crippen LogP contribution in [0.2, 0.25) is 0 Å². The summed E-state index contributed by atoms with van der Waals surface area (Å²) < 4.78 is 0. The number of hydrogen-bond donors (Lipinski definition) is 1. The van der Waals surface area contributed by atoms with Gasteiger partial charge >= 0.3 is 0 Å². The Morgan fingerprint density at radius 1 is 1.06 bits per heavy atom. The first-order valence-corrected chi connectivity index (χ1v) is 7.23. The molecule has 1 N–H and O–H groups in total. The molecule has 0 aliphatic rings. The van der Waals surface area contributed by atoms with Gasteiger partial charge in [0, 0.05) is 24.2 Å². The molecule has 17 heavy (non-hydrogen) atoms. The standard InChI is InChI=1S/C15H34N2/c1-9-13(5)17(10-2)14(12(3)4)11-16-15(6,7)8/h12-14,16H,9-11H2,1-8H3. The van der Waals surface area contributed by atoms with E-state index >= 15 is 0 Å². The lowest BCUT2D eigenvalue weighted by molar-refractivity contribution is 0.106. The Balaban J connectivity index is 4.59. The SMILES string of the molecule is CCC(C)N(CC)C(CNC(C)(C)C)C(C)C. The van der Waals surface area contributed by atoms with Crippen molar-refractivity contribution in [3.63, 3.8) is 0 Å². The van der Waals surface area contributed by atoms with Crippen LogP contribution in [0, 0.1) is 5.92 Å². The molecule has 2 atom stereocenters. The Labute approximate surface area is 109 Å². The summed E-state index contributed by atoms with van der Waals surface area (Å²) in [5.74, 6) is 0.693. The van der Waals surface area contributed by atoms with Crippen molar-refractivity contribution in [3.8, 4) is 0 Å². The van der Waals surface area contributed by atoms with E-state index in [2.05, 4.69) is 65.6 Å². The summed E-state index contributed by atoms with van der Waals surface area (Å²) in [6.07, 6.45) is 1.23. The maximum absolute atomic E-state index is 3.66. The highest BCUT2D eigenvalue weighted by atomic mass is 15.2. The summed E-state index contributed by atoms with van der Waals surface area (Å²) in [6.45, 7) is 20.5. The van der Waals surface area contributed by atoms with Crippen molar-refractivity contribution < 1.29 is 0 Å². The minimum atomic E-state index is 0.210. The lowest BCUT2D eigenvalue weighted by Crippen LogP contribution is -2.52. The summed E-state index contributed by atoms with van der Waals surface area (Å²) in [7, 11) is 0. The van der Waals surface area contributed by atoms with Crippen molar-refractivity contribution in [3.05, 3.63) is 0 Å². The number of likely N-dealkylation sites (N-methyl/N-ethyl adjacent to an activating group) is 1. The third-order valence-electron chi connectivity index (χ3n) is 3.56. The van der Waals surface area contributed by atoms with Crippen molar-refractivity contribution in [1.82, 2.24) is 10.2 Å². The highest BCUT2D eigenvalue weighted by Gasteiger charge is 2.25. The minimum absolute atomic E-state index is 0.210. The number of nitrogens with one attached hydrogen (secondary N) is 1. The van der Waals surface area contributed by atoms with Crippen LogP contribution in [0.1, 0.15) is 61.8 Å². The van der Waals surface area contributed by atoms with E-state index < -0.39 is 0 Å². The molecular formula is C15H34N2. The van der Waals surface area contributed by atoms with Crippen molar-refractivity contribution >= 4 is 0 Å². The van der Waals surface area contributed by atoms with Gasteiger partial charge in [-0.25, -0.2) is 0 Å². The third kappa shape index (κ3) is 6.42. The van der Waals surface area contributed by atoms with E-state index in [1.165, 1.54) is 6.42 Å². The second-order valence-electron chi connectivity index (χ2n) is 6.53. The average Bonchev–Trinajstić information content (AvgIpc) is 2.21. The molecule has 0 aromatic carbocycles. The van der Waals surface area contributed by atoms with Crippen LogP contribution in [0.3, 0.4) is 0 Å². The summed E-state index contributed by atoms with van der Waals surface area (Å²) in [4.78, 5) is 2.64. The number of rotatable bonds is 7. The topological polar surface area (TPSA) is 15.3 Å². The molecule has 2 nitrogen and oxygen atoms in total. The van der Waals surface area contributed by atoms with Crippen molar-refractivity contribution in [2.24, 2.45) is 5.92 Å². The molecule has 0 aliphatic carbocycles. The van der Waals surface area contributed by atoms with E-state index in [0.29, 0.717) is 18.0 Å². The average molecular weight is 242 g/mol. The summed E-state index contributed by atoms with van der Waals surface area (Å²) in [6, 6.07) is 1.31. The van der Waals surface area contributed by atoms with Crippen LogP contribution < -0.4 is 5.32 Å². The van der Waals surface area contributed by atoms with E-state index in [1.807, 2.05) is 0 Å². The molecule has 0 spiro atoms. The van der Waals surface area contributed by atoms with Gasteiger partial charge in [0.1, 0.15) is 0 Å². The van der Waals surface area contributed by atoms with Gasteiger partial charge in [0.15, 0.2) is 0 Å². The van der Waals surface area contributed by atoms with Gasteiger partial charge in [0.2, 0.25) is 0 Å². The second-order valence-corrected chi connectivity index (χ2v) is 6.53. The fourth-order valence-corrected chi connectivity index (χ4v) is 2.25. The summed E-state index contributed by atoms with van der Waals surface area (Å²) in [5, 5.41) is 3.66. The highest BCUT2D eigenvalue weighted by molar-refractivity contribution is 4.83. The maximum atomic E-state index is 3.66. The minimum Gasteiger partial charge on any atom is -0.311 e. The number of nitrogens with zero attached hydrogens (tertiary/aromatic N) is 1. The van der Waals surface area contributed by atoms with Gasteiger partial charge in [-0.15, -0.1) is 0 Å². The van der Waals surface area contributed by atoms with Crippen LogP contribution in [0.15, 0.2) is 0 Å². The molecular weight excluding hydrogens is 208 g/mol. The van der Waals surface area contributed by atoms with Gasteiger partial charge in [-0.1, -0.05) is 27.7 Å². The molecule has 2 heteroatoms. The molecule has 0 saturated heterocycles. The van der Waals surface area contributed by atoms with E-state index in [9.17, 15) is 0 Å². The first-order chi connectivity index (χ1) is 7.72. The van der Waals surface area contributed by atoms with Crippen LogP contribution in [0.25, 0.3) is 0 Å². The third-order valence-corrected chi connectivity index (χ3v) is 3.56. The summed E-state index contributed by atoms with van der Waals surface area (Å²) in [5.41, 5.74) is 0.210. The van der Waals surface area contributed by atoms with Crippen LogP contribution >= 0.6 is 0 Å². The lowest BCUT2D eigenvalue weighted by atomic mass is 9.98. The fourth-order valence-electron chi connectivity index (χ4n) is 2.25. The van der Waals surface area contributed by atoms with Gasteiger partial charge < -0.3 is 5.32 Å². The van der Waals surface area contributed by atoms with E-state index in [0.717, 1.165) is 13.1 Å². The van der Waals surface area contributed by atoms with Crippen LogP contribution in [0.4, 0.5) is 0 Å². The Hall–Kier alpha value is -0.0800. The van der Waals surface area contributed by atoms with Crippen LogP contribution in [-0.2, 0) is 0 Å². The summed E-state index contributed by atoms with van der Waals surface area (Å²) >= 11 is 0. The Morgan fingerprint density at radius 2 is 1.59 bits per heavy atom. The number of hydrogen-bond acceptors (Lipinski definition) is 2. The largest absolute Gasteiger partial charge is 0.311 e. The van der Waals surface area contributed by atoms with Crippen molar-refractivity contribution in [2.45, 2.75) is 79.4 Å². The van der Waals surface area contributed by atoms with E-state index in [4.69, 9.17) is 0 Å². The zero-order chi connectivity index (χ0) is 13.6. The molecule has 0 fully saturated rings. The molecule has 0 rings (SSSR count). The first-order valence-electron chi connectivity index (χ1n) is 7.23. The first kappa shape index (κ1) is 16.9. The normalized spacial score (nSPS) is 16.6. The molecule has 2 unspecified atom stereocenters. The van der Waals surface area contributed by atoms with E-state index in [1.54, 1.807) is 0 Å². The van der Waals surface area contributed by atoms with Gasteiger partial charge in [0.05, 0.1) is 0 Å². The fraction of sp³-hybridized carbons (Fsp3) is 1.00. The monoisotopic (exact) mass is 242 g/mol. The molecule has 0 radical (unpaired) electrons. The maximum Gasteiger partial charge on any atom is 0.0246 e. The van der Waals surface area contributed by atoms with Crippen molar-refractivity contribution in [1.29, 1.82) is 0 Å². The molecule has 0 heterocycles. The molecule has 104 valence electrons. The van der Waals surface area contributed by atoms with Gasteiger partial charge in [-0.05, 0) is 46.6 Å². The van der Waals surface area contributed by atoms with Gasteiger partial charge in [-0.3, -0.25) is 4.90 Å². The molecule has 0 aromatic rings. The smallest absolute Gasteiger partial charge is 0.0246 e. The Bertz CT molecular complexity index is 194. The van der Waals surface area contributed by atoms with Crippen LogP contribution in [0.5, 0.6) is 0 Å². The molecule has 0 amide bonds. The second kappa shape index (κ2) is 7.38. The van der Waals surface area contributed by atoms with Crippen LogP contribution in [-0.4, -0.2) is 35.6 Å².